The molecule has 0 radical (unpaired) electrons. The molecular weight excluding hydrogens is 229 g/mol. The summed E-state index contributed by atoms with van der Waals surface area (Å²) in [6.45, 7) is 4.71. The van der Waals surface area contributed by atoms with Crippen LogP contribution in [0.15, 0.2) is 30.6 Å². The molecule has 2 N–H and O–H groups in total. The molecule has 0 bridgehead atoms. The molecule has 3 nitrogen and oxygen atoms in total. The smallest absolute Gasteiger partial charge is 0.126 e. The summed E-state index contributed by atoms with van der Waals surface area (Å²) < 4.78 is 13.3. The Morgan fingerprint density at radius 1 is 1.44 bits per heavy atom. The van der Waals surface area contributed by atoms with Gasteiger partial charge in [-0.25, -0.2) is 9.37 Å². The molecule has 4 heteroatoms. The van der Waals surface area contributed by atoms with E-state index in [1.54, 1.807) is 13.1 Å². The average Bonchev–Trinajstić information content (AvgIpc) is 2.85. The van der Waals surface area contributed by atoms with Gasteiger partial charge in [-0.3, -0.25) is 0 Å². The predicted octanol–water partition coefficient (Wildman–Crippen LogP) is 2.75. The number of H-pyrrole nitrogens is 1. The number of nitrogens with zero attached hydrogens (tertiary/aromatic N) is 1. The molecule has 0 aliphatic heterocycles. The molecule has 0 aliphatic carbocycles. The summed E-state index contributed by atoms with van der Waals surface area (Å²) >= 11 is 0. The number of imidazole rings is 1. The van der Waals surface area contributed by atoms with Crippen molar-refractivity contribution in [1.29, 1.82) is 0 Å². The average molecular weight is 247 g/mol. The van der Waals surface area contributed by atoms with Crippen LogP contribution in [0.4, 0.5) is 4.39 Å². The quantitative estimate of drug-likeness (QED) is 0.853. The number of aryl methyl sites for hydroxylation is 1. The summed E-state index contributed by atoms with van der Waals surface area (Å²) in [4.78, 5) is 7.33. The van der Waals surface area contributed by atoms with Crippen LogP contribution in [-0.4, -0.2) is 16.5 Å². The molecule has 0 saturated heterocycles. The number of hydrogen-bond donors (Lipinski definition) is 2. The predicted molar refractivity (Wildman–Crippen MR) is 69.8 cm³/mol. The minimum atomic E-state index is -0.160. The van der Waals surface area contributed by atoms with Gasteiger partial charge in [-0.15, -0.1) is 0 Å². The van der Waals surface area contributed by atoms with Gasteiger partial charge in [0.1, 0.15) is 11.6 Å². The number of aromatic amines is 1. The molecule has 0 saturated carbocycles. The largest absolute Gasteiger partial charge is 0.349 e. The lowest BCUT2D eigenvalue weighted by Gasteiger charge is -2.18. The SMILES string of the molecule is CCNC(Cc1ncc[nH]1)c1ccc(F)c(C)c1. The number of hydrogen-bond acceptors (Lipinski definition) is 2. The third-order valence-electron chi connectivity index (χ3n) is 2.99. The highest BCUT2D eigenvalue weighted by Gasteiger charge is 2.13. The van der Waals surface area contributed by atoms with Gasteiger partial charge in [0.25, 0.3) is 0 Å². The van der Waals surface area contributed by atoms with Crippen molar-refractivity contribution < 1.29 is 4.39 Å². The second-order valence-electron chi connectivity index (χ2n) is 4.36. The van der Waals surface area contributed by atoms with Crippen molar-refractivity contribution >= 4 is 0 Å². The standard InChI is InChI=1S/C14H18FN3/c1-3-16-13(9-14-17-6-7-18-14)11-4-5-12(15)10(2)8-11/h4-8,13,16H,3,9H2,1-2H3,(H,17,18). The fraction of sp³-hybridized carbons (Fsp3) is 0.357. The summed E-state index contributed by atoms with van der Waals surface area (Å²) in [5.74, 6) is 0.773. The fourth-order valence-electron chi connectivity index (χ4n) is 2.04. The van der Waals surface area contributed by atoms with Crippen LogP contribution in [0.5, 0.6) is 0 Å². The Morgan fingerprint density at radius 3 is 2.89 bits per heavy atom. The summed E-state index contributed by atoms with van der Waals surface area (Å²) in [6, 6.07) is 5.40. The van der Waals surface area contributed by atoms with Crippen LogP contribution in [-0.2, 0) is 6.42 Å². The summed E-state index contributed by atoms with van der Waals surface area (Å²) in [6.07, 6.45) is 4.33. The van der Waals surface area contributed by atoms with E-state index < -0.39 is 0 Å². The van der Waals surface area contributed by atoms with E-state index in [1.165, 1.54) is 6.07 Å². The minimum absolute atomic E-state index is 0.153. The first-order valence-corrected chi connectivity index (χ1v) is 6.18. The number of likely N-dealkylation sites (N-methyl/N-ethyl adjacent to an activating group) is 1. The molecule has 1 aromatic carbocycles. The van der Waals surface area contributed by atoms with Crippen molar-refractivity contribution in [1.82, 2.24) is 15.3 Å². The molecule has 1 heterocycles. The molecule has 2 aromatic rings. The fourth-order valence-corrected chi connectivity index (χ4v) is 2.04. The molecular formula is C14H18FN3. The van der Waals surface area contributed by atoms with Crippen molar-refractivity contribution in [2.75, 3.05) is 6.54 Å². The molecule has 0 aliphatic rings. The van der Waals surface area contributed by atoms with Gasteiger partial charge >= 0.3 is 0 Å². The summed E-state index contributed by atoms with van der Waals surface area (Å²) in [7, 11) is 0. The van der Waals surface area contributed by atoms with Crippen molar-refractivity contribution in [3.8, 4) is 0 Å². The number of halogens is 1. The first kappa shape index (κ1) is 12.8. The zero-order valence-electron chi connectivity index (χ0n) is 10.7. The Morgan fingerprint density at radius 2 is 2.28 bits per heavy atom. The lowest BCUT2D eigenvalue weighted by molar-refractivity contribution is 0.536. The van der Waals surface area contributed by atoms with E-state index in [1.807, 2.05) is 18.3 Å². The van der Waals surface area contributed by atoms with Gasteiger partial charge in [0.2, 0.25) is 0 Å². The Hall–Kier alpha value is -1.68. The number of rotatable bonds is 5. The molecule has 0 spiro atoms. The summed E-state index contributed by atoms with van der Waals surface area (Å²) in [5.41, 5.74) is 1.77. The lowest BCUT2D eigenvalue weighted by atomic mass is 10.0. The van der Waals surface area contributed by atoms with Crippen molar-refractivity contribution in [2.24, 2.45) is 0 Å². The van der Waals surface area contributed by atoms with Gasteiger partial charge in [-0.1, -0.05) is 19.1 Å². The Kier molecular flexibility index (Phi) is 4.10. The zero-order valence-corrected chi connectivity index (χ0v) is 10.7. The van der Waals surface area contributed by atoms with Crippen LogP contribution in [0.2, 0.25) is 0 Å². The first-order valence-electron chi connectivity index (χ1n) is 6.18. The molecule has 18 heavy (non-hydrogen) atoms. The maximum absolute atomic E-state index is 13.3. The van der Waals surface area contributed by atoms with Gasteiger partial charge in [0, 0.05) is 24.9 Å². The van der Waals surface area contributed by atoms with Crippen molar-refractivity contribution in [3.05, 3.63) is 53.4 Å². The van der Waals surface area contributed by atoms with Crippen LogP contribution < -0.4 is 5.32 Å². The van der Waals surface area contributed by atoms with E-state index in [9.17, 15) is 4.39 Å². The Bertz CT molecular complexity index is 494. The van der Waals surface area contributed by atoms with Crippen molar-refractivity contribution in [3.63, 3.8) is 0 Å². The van der Waals surface area contributed by atoms with Gasteiger partial charge in [-0.05, 0) is 30.7 Å². The van der Waals surface area contributed by atoms with Gasteiger partial charge < -0.3 is 10.3 Å². The number of benzene rings is 1. The first-order chi connectivity index (χ1) is 8.70. The third-order valence-corrected chi connectivity index (χ3v) is 2.99. The second-order valence-corrected chi connectivity index (χ2v) is 4.36. The number of nitrogens with one attached hydrogen (secondary N) is 2. The summed E-state index contributed by atoms with van der Waals surface area (Å²) in [5, 5.41) is 3.40. The second kappa shape index (κ2) is 5.78. The topological polar surface area (TPSA) is 40.7 Å². The molecule has 1 aromatic heterocycles. The van der Waals surface area contributed by atoms with E-state index in [4.69, 9.17) is 0 Å². The molecule has 96 valence electrons. The molecule has 0 fully saturated rings. The highest BCUT2D eigenvalue weighted by atomic mass is 19.1. The monoisotopic (exact) mass is 247 g/mol. The lowest BCUT2D eigenvalue weighted by Crippen LogP contribution is -2.23. The van der Waals surface area contributed by atoms with Crippen molar-refractivity contribution in [2.45, 2.75) is 26.3 Å². The number of aromatic nitrogens is 2. The maximum Gasteiger partial charge on any atom is 0.126 e. The Balaban J connectivity index is 2.20. The zero-order chi connectivity index (χ0) is 13.0. The van der Waals surface area contributed by atoms with E-state index in [2.05, 4.69) is 22.2 Å². The molecule has 1 unspecified atom stereocenters. The Labute approximate surface area is 106 Å². The molecule has 0 amide bonds. The van der Waals surface area contributed by atoms with Gasteiger partial charge in [-0.2, -0.15) is 0 Å². The minimum Gasteiger partial charge on any atom is -0.349 e. The molecule has 2 rings (SSSR count). The van der Waals surface area contributed by atoms with Gasteiger partial charge in [0.15, 0.2) is 0 Å². The van der Waals surface area contributed by atoms with Crippen LogP contribution in [0.3, 0.4) is 0 Å². The highest BCUT2D eigenvalue weighted by molar-refractivity contribution is 5.27. The van der Waals surface area contributed by atoms with Crippen LogP contribution in [0.1, 0.15) is 29.9 Å². The van der Waals surface area contributed by atoms with Crippen LogP contribution in [0, 0.1) is 12.7 Å². The van der Waals surface area contributed by atoms with Gasteiger partial charge in [0.05, 0.1) is 0 Å². The highest BCUT2D eigenvalue weighted by Crippen LogP contribution is 2.19. The van der Waals surface area contributed by atoms with E-state index in [-0.39, 0.29) is 11.9 Å². The van der Waals surface area contributed by atoms with Crippen LogP contribution >= 0.6 is 0 Å². The maximum atomic E-state index is 13.3. The van der Waals surface area contributed by atoms with E-state index >= 15 is 0 Å². The van der Waals surface area contributed by atoms with E-state index in [0.717, 1.165) is 24.4 Å². The van der Waals surface area contributed by atoms with E-state index in [0.29, 0.717) is 5.56 Å². The normalized spacial score (nSPS) is 12.6. The van der Waals surface area contributed by atoms with Crippen LogP contribution in [0.25, 0.3) is 0 Å². The third kappa shape index (κ3) is 2.96. The molecule has 1 atom stereocenters.